The minimum absolute atomic E-state index is 0.0839. The highest BCUT2D eigenvalue weighted by Gasteiger charge is 2.59. The van der Waals surface area contributed by atoms with E-state index in [1.807, 2.05) is 0 Å². The quantitative estimate of drug-likeness (QED) is 0.682. The third kappa shape index (κ3) is 4.19. The summed E-state index contributed by atoms with van der Waals surface area (Å²) in [5, 5.41) is 0. The standard InChI is InChI=1S/C11H10F6N2OS/c1-4-3-6(7(8(18)21)5(2)19-4)20-9(10(12,13)14)11(15,16)17/h3,9H,1-2H3,(H2,18,21). The summed E-state index contributed by atoms with van der Waals surface area (Å²) in [6.45, 7) is 2.74. The van der Waals surface area contributed by atoms with Gasteiger partial charge in [0.25, 0.3) is 6.10 Å². The van der Waals surface area contributed by atoms with Gasteiger partial charge in [0, 0.05) is 11.8 Å². The van der Waals surface area contributed by atoms with Gasteiger partial charge in [0.05, 0.1) is 11.3 Å². The lowest BCUT2D eigenvalue weighted by Crippen LogP contribution is -2.46. The van der Waals surface area contributed by atoms with Gasteiger partial charge in [-0.2, -0.15) is 26.3 Å². The number of hydrogen-bond donors (Lipinski definition) is 1. The number of pyridine rings is 1. The molecule has 0 saturated carbocycles. The van der Waals surface area contributed by atoms with Crippen molar-refractivity contribution in [1.29, 1.82) is 0 Å². The normalized spacial score (nSPS) is 12.6. The SMILES string of the molecule is Cc1cc(OC(C(F)(F)F)C(F)(F)F)c(C(N)=S)c(C)n1. The van der Waals surface area contributed by atoms with Crippen LogP contribution in [0.15, 0.2) is 6.07 Å². The zero-order valence-electron chi connectivity index (χ0n) is 10.8. The summed E-state index contributed by atoms with van der Waals surface area (Å²) in [5.74, 6) is -0.702. The predicted molar refractivity (Wildman–Crippen MR) is 66.1 cm³/mol. The van der Waals surface area contributed by atoms with Crippen molar-refractivity contribution in [3.8, 4) is 5.75 Å². The second kappa shape index (κ2) is 5.66. The number of aromatic nitrogens is 1. The van der Waals surface area contributed by atoms with Gasteiger partial charge in [-0.1, -0.05) is 12.2 Å². The summed E-state index contributed by atoms with van der Waals surface area (Å²) in [4.78, 5) is 3.47. The van der Waals surface area contributed by atoms with Gasteiger partial charge >= 0.3 is 12.4 Å². The maximum atomic E-state index is 12.5. The minimum Gasteiger partial charge on any atom is -0.470 e. The molecular weight excluding hydrogens is 322 g/mol. The first-order chi connectivity index (χ1) is 9.34. The van der Waals surface area contributed by atoms with Crippen molar-refractivity contribution >= 4 is 17.2 Å². The van der Waals surface area contributed by atoms with Gasteiger partial charge in [0.2, 0.25) is 0 Å². The summed E-state index contributed by atoms with van der Waals surface area (Å²) < 4.78 is 79.2. The van der Waals surface area contributed by atoms with Crippen LogP contribution in [0.25, 0.3) is 0 Å². The van der Waals surface area contributed by atoms with Gasteiger partial charge in [0.1, 0.15) is 10.7 Å². The van der Waals surface area contributed by atoms with E-state index in [-0.39, 0.29) is 17.0 Å². The second-order valence-electron chi connectivity index (χ2n) is 4.17. The third-order valence-corrected chi connectivity index (χ3v) is 2.58. The van der Waals surface area contributed by atoms with Crippen LogP contribution in [-0.4, -0.2) is 28.4 Å². The van der Waals surface area contributed by atoms with Crippen molar-refractivity contribution in [1.82, 2.24) is 4.98 Å². The molecule has 0 fully saturated rings. The molecule has 0 aliphatic rings. The molecule has 0 aliphatic carbocycles. The molecule has 0 bridgehead atoms. The van der Waals surface area contributed by atoms with Crippen molar-refractivity contribution in [2.24, 2.45) is 5.73 Å². The Balaban J connectivity index is 3.37. The number of ether oxygens (including phenoxy) is 1. The lowest BCUT2D eigenvalue weighted by atomic mass is 10.1. The molecule has 0 unspecified atom stereocenters. The molecule has 0 aromatic carbocycles. The topological polar surface area (TPSA) is 48.1 Å². The molecule has 1 heterocycles. The Hall–Kier alpha value is -1.58. The lowest BCUT2D eigenvalue weighted by molar-refractivity contribution is -0.299. The van der Waals surface area contributed by atoms with Crippen LogP contribution in [0.5, 0.6) is 5.75 Å². The first-order valence-corrected chi connectivity index (χ1v) is 5.83. The number of alkyl halides is 6. The Kier molecular flexibility index (Phi) is 4.71. The number of nitrogens with zero attached hydrogens (tertiary/aromatic N) is 1. The first-order valence-electron chi connectivity index (χ1n) is 5.42. The Morgan fingerprint density at radius 2 is 1.67 bits per heavy atom. The molecular formula is C11H10F6N2OS. The van der Waals surface area contributed by atoms with Gasteiger partial charge in [0.15, 0.2) is 0 Å². The Morgan fingerprint density at radius 3 is 2.05 bits per heavy atom. The molecule has 0 amide bonds. The number of halogens is 6. The molecule has 0 radical (unpaired) electrons. The number of rotatable bonds is 3. The summed E-state index contributed by atoms with van der Waals surface area (Å²) in [6, 6.07) is 0.923. The van der Waals surface area contributed by atoms with Crippen molar-refractivity contribution in [2.45, 2.75) is 32.3 Å². The molecule has 0 atom stereocenters. The smallest absolute Gasteiger partial charge is 0.434 e. The fraction of sp³-hybridized carbons (Fsp3) is 0.455. The molecule has 21 heavy (non-hydrogen) atoms. The Morgan fingerprint density at radius 1 is 1.19 bits per heavy atom. The van der Waals surface area contributed by atoms with Gasteiger partial charge in [-0.05, 0) is 13.8 Å². The molecule has 3 nitrogen and oxygen atoms in total. The number of hydrogen-bond acceptors (Lipinski definition) is 3. The van der Waals surface area contributed by atoms with Crippen LogP contribution in [0.3, 0.4) is 0 Å². The monoisotopic (exact) mass is 332 g/mol. The molecule has 1 rings (SSSR count). The van der Waals surface area contributed by atoms with Gasteiger partial charge in [-0.25, -0.2) is 0 Å². The highest BCUT2D eigenvalue weighted by atomic mass is 32.1. The van der Waals surface area contributed by atoms with E-state index in [9.17, 15) is 26.3 Å². The fourth-order valence-corrected chi connectivity index (χ4v) is 1.88. The average molecular weight is 332 g/mol. The average Bonchev–Trinajstić information content (AvgIpc) is 2.20. The van der Waals surface area contributed by atoms with Crippen LogP contribution < -0.4 is 10.5 Å². The zero-order valence-corrected chi connectivity index (χ0v) is 11.6. The third-order valence-electron chi connectivity index (χ3n) is 2.38. The summed E-state index contributed by atoms with van der Waals surface area (Å²) >= 11 is 4.62. The van der Waals surface area contributed by atoms with E-state index in [1.54, 1.807) is 0 Å². The second-order valence-corrected chi connectivity index (χ2v) is 4.61. The van der Waals surface area contributed by atoms with Crippen LogP contribution in [0, 0.1) is 13.8 Å². The van der Waals surface area contributed by atoms with E-state index in [1.165, 1.54) is 13.8 Å². The minimum atomic E-state index is -5.63. The molecule has 10 heteroatoms. The van der Waals surface area contributed by atoms with Crippen molar-refractivity contribution in [3.05, 3.63) is 23.0 Å². The van der Waals surface area contributed by atoms with Crippen LogP contribution in [0.4, 0.5) is 26.3 Å². The van der Waals surface area contributed by atoms with Crippen molar-refractivity contribution in [2.75, 3.05) is 0 Å². The van der Waals surface area contributed by atoms with Crippen LogP contribution in [0.1, 0.15) is 17.0 Å². The van der Waals surface area contributed by atoms with Crippen LogP contribution in [0.2, 0.25) is 0 Å². The summed E-state index contributed by atoms with van der Waals surface area (Å²) in [6.07, 6.45) is -15.2. The van der Waals surface area contributed by atoms with Crippen LogP contribution in [-0.2, 0) is 0 Å². The van der Waals surface area contributed by atoms with Gasteiger partial charge in [-0.3, -0.25) is 4.98 Å². The Bertz CT molecular complexity index is 541. The maximum absolute atomic E-state index is 12.5. The lowest BCUT2D eigenvalue weighted by Gasteiger charge is -2.25. The summed E-state index contributed by atoms with van der Waals surface area (Å²) in [5.41, 5.74) is 5.31. The molecule has 0 aliphatic heterocycles. The summed E-state index contributed by atoms with van der Waals surface area (Å²) in [7, 11) is 0. The van der Waals surface area contributed by atoms with Crippen molar-refractivity contribution in [3.63, 3.8) is 0 Å². The van der Waals surface area contributed by atoms with E-state index in [4.69, 9.17) is 5.73 Å². The molecule has 0 spiro atoms. The predicted octanol–water partition coefficient (Wildman–Crippen LogP) is 3.20. The highest BCUT2D eigenvalue weighted by Crippen LogP contribution is 2.37. The fourth-order valence-electron chi connectivity index (χ4n) is 1.63. The zero-order chi connectivity index (χ0) is 16.6. The largest absolute Gasteiger partial charge is 0.470 e. The van der Waals surface area contributed by atoms with Crippen LogP contribution >= 0.6 is 12.2 Å². The molecule has 0 saturated heterocycles. The first kappa shape index (κ1) is 17.5. The molecule has 1 aromatic heterocycles. The number of thiocarbonyl (C=S) groups is 1. The van der Waals surface area contributed by atoms with Gasteiger partial charge in [-0.15, -0.1) is 0 Å². The highest BCUT2D eigenvalue weighted by molar-refractivity contribution is 7.80. The van der Waals surface area contributed by atoms with E-state index in [2.05, 4.69) is 21.9 Å². The number of aryl methyl sites for hydroxylation is 2. The number of nitrogens with two attached hydrogens (primary N) is 1. The van der Waals surface area contributed by atoms with Gasteiger partial charge < -0.3 is 10.5 Å². The van der Waals surface area contributed by atoms with E-state index < -0.39 is 29.2 Å². The van der Waals surface area contributed by atoms with E-state index in [0.717, 1.165) is 6.07 Å². The van der Waals surface area contributed by atoms with E-state index in [0.29, 0.717) is 0 Å². The molecule has 1 aromatic rings. The Labute approximate surface area is 121 Å². The van der Waals surface area contributed by atoms with Crippen molar-refractivity contribution < 1.29 is 31.1 Å². The molecule has 2 N–H and O–H groups in total. The maximum Gasteiger partial charge on any atom is 0.434 e. The molecule has 118 valence electrons. The van der Waals surface area contributed by atoms with E-state index >= 15 is 0 Å².